The van der Waals surface area contributed by atoms with E-state index in [2.05, 4.69) is 38.1 Å². The van der Waals surface area contributed by atoms with Crippen LogP contribution in [0.15, 0.2) is 37.0 Å². The van der Waals surface area contributed by atoms with Gasteiger partial charge in [0.2, 0.25) is 0 Å². The molecule has 11 saturated heterocycles. The molecule has 0 aromatic heterocycles. The van der Waals surface area contributed by atoms with Gasteiger partial charge in [0.15, 0.2) is 0 Å². The summed E-state index contributed by atoms with van der Waals surface area (Å²) in [5.74, 6) is 0.0731. The van der Waals surface area contributed by atoms with E-state index in [-0.39, 0.29) is 73.7 Å². The van der Waals surface area contributed by atoms with Crippen molar-refractivity contribution in [3.05, 3.63) is 37.0 Å². The Balaban J connectivity index is 0.754. The van der Waals surface area contributed by atoms with Crippen molar-refractivity contribution in [2.45, 2.75) is 275 Å². The van der Waals surface area contributed by atoms with E-state index in [1.807, 2.05) is 6.92 Å². The highest BCUT2D eigenvalue weighted by atomic mass is 32.3. The maximum absolute atomic E-state index is 12.3. The maximum Gasteiger partial charge on any atom is 0.397 e. The highest BCUT2D eigenvalue weighted by Crippen LogP contribution is 2.54. The van der Waals surface area contributed by atoms with E-state index >= 15 is 0 Å². The lowest BCUT2D eigenvalue weighted by molar-refractivity contribution is -0.369. The maximum atomic E-state index is 12.3. The largest absolute Gasteiger partial charge is 0.397 e. The van der Waals surface area contributed by atoms with Crippen LogP contribution in [0.25, 0.3) is 0 Å². The Bertz CT molecular complexity index is 2420. The van der Waals surface area contributed by atoms with Gasteiger partial charge in [-0.05, 0) is 78.2 Å². The average molecular weight is 1100 g/mol. The Morgan fingerprint density at radius 2 is 1.23 bits per heavy atom. The zero-order valence-electron chi connectivity index (χ0n) is 43.7. The number of aliphatic hydroxyl groups excluding tert-OH is 1. The summed E-state index contributed by atoms with van der Waals surface area (Å²) in [6, 6.07) is 0. The lowest BCUT2D eigenvalue weighted by atomic mass is 9.73. The van der Waals surface area contributed by atoms with Gasteiger partial charge in [-0.2, -0.15) is 16.8 Å². The molecule has 11 fully saturated rings. The topological polar surface area (TPSA) is 269 Å². The molecule has 11 aliphatic heterocycles. The Labute approximate surface area is 440 Å². The number of hydrogen-bond donors (Lipinski definition) is 4. The summed E-state index contributed by atoms with van der Waals surface area (Å²) >= 11 is 0. The van der Waals surface area contributed by atoms with Crippen LogP contribution in [-0.4, -0.2) is 193 Å². The Kier molecular flexibility index (Phi) is 14.7. The molecule has 424 valence electrons. The second-order valence-electron chi connectivity index (χ2n) is 24.6. The van der Waals surface area contributed by atoms with E-state index in [1.54, 1.807) is 25.2 Å². The quantitative estimate of drug-likeness (QED) is 0.144. The summed E-state index contributed by atoms with van der Waals surface area (Å²) in [5.41, 5.74) is -4.43. The van der Waals surface area contributed by atoms with E-state index in [0.29, 0.717) is 63.4 Å². The Morgan fingerprint density at radius 3 is 1.88 bits per heavy atom. The van der Waals surface area contributed by atoms with Gasteiger partial charge in [-0.1, -0.05) is 38.3 Å². The lowest BCUT2D eigenvalue weighted by Crippen LogP contribution is -2.74. The molecule has 11 rings (SSSR count). The number of rotatable bonds is 9. The minimum Gasteiger partial charge on any atom is -0.387 e. The molecule has 0 amide bonds. The molecule has 0 aromatic rings. The summed E-state index contributed by atoms with van der Waals surface area (Å²) in [7, 11) is -9.73. The van der Waals surface area contributed by atoms with Gasteiger partial charge in [0.1, 0.15) is 35.6 Å². The van der Waals surface area contributed by atoms with Gasteiger partial charge in [0, 0.05) is 51.4 Å². The molecule has 11 heterocycles. The molecular weight excluding hydrogens is 1020 g/mol. The van der Waals surface area contributed by atoms with Gasteiger partial charge in [-0.15, -0.1) is 0 Å². The van der Waals surface area contributed by atoms with Gasteiger partial charge in [-0.3, -0.25) is 9.11 Å². The molecular formula is C52H78O21S2. The van der Waals surface area contributed by atoms with Crippen LogP contribution in [0.3, 0.4) is 0 Å². The molecule has 0 bridgehead atoms. The summed E-state index contributed by atoms with van der Waals surface area (Å²) < 4.78 is 151. The van der Waals surface area contributed by atoms with Crippen molar-refractivity contribution in [2.75, 3.05) is 6.61 Å². The molecule has 0 spiro atoms. The third-order valence-corrected chi connectivity index (χ3v) is 20.1. The summed E-state index contributed by atoms with van der Waals surface area (Å²) in [6.45, 7) is 19.1. The summed E-state index contributed by atoms with van der Waals surface area (Å²) in [4.78, 5) is 0. The first-order valence-corrected chi connectivity index (χ1v) is 29.8. The van der Waals surface area contributed by atoms with Crippen LogP contribution in [-0.2, 0) is 81.3 Å². The number of hydrogen-bond acceptors (Lipinski definition) is 19. The molecule has 4 N–H and O–H groups in total. The van der Waals surface area contributed by atoms with Crippen molar-refractivity contribution in [2.24, 2.45) is 5.92 Å². The van der Waals surface area contributed by atoms with E-state index in [0.717, 1.165) is 12.8 Å². The van der Waals surface area contributed by atoms with Crippen LogP contribution in [0, 0.1) is 5.92 Å². The second kappa shape index (κ2) is 19.9. The van der Waals surface area contributed by atoms with Crippen molar-refractivity contribution >= 4 is 20.8 Å². The van der Waals surface area contributed by atoms with Gasteiger partial charge in [0.05, 0.1) is 121 Å². The van der Waals surface area contributed by atoms with Crippen LogP contribution in [0.2, 0.25) is 0 Å². The molecule has 11 aliphatic rings. The Morgan fingerprint density at radius 1 is 0.667 bits per heavy atom. The van der Waals surface area contributed by atoms with Crippen molar-refractivity contribution in [3.63, 3.8) is 0 Å². The number of fused-ring (bicyclic) bond motifs is 10. The fourth-order valence-electron chi connectivity index (χ4n) is 15.0. The van der Waals surface area contributed by atoms with Crippen molar-refractivity contribution in [1.29, 1.82) is 0 Å². The molecule has 21 nitrogen and oxygen atoms in total. The van der Waals surface area contributed by atoms with Gasteiger partial charge in [-0.25, -0.2) is 8.37 Å². The van der Waals surface area contributed by atoms with Gasteiger partial charge < -0.3 is 62.3 Å². The number of ether oxygens (including phenoxy) is 11. The SMILES string of the molecule is C=CC=CC(C)(O)C1OC2CC3OC4CC5OC6CC7OC8CC9OC%10CC%11OC(C)(CCOS(=O)(=O)O)C(OS(=O)(=O)O)CC%11OC%10CC9OC8CCC7(C)OC6(C)CCC(C)C5OC4C(O)C3(C)OC2CC1=C. The predicted octanol–water partition coefficient (Wildman–Crippen LogP) is 4.11. The fourth-order valence-corrected chi connectivity index (χ4v) is 15.9. The molecule has 26 atom stereocenters. The smallest absolute Gasteiger partial charge is 0.387 e. The Hall–Kier alpha value is -1.56. The summed E-state index contributed by atoms with van der Waals surface area (Å²) in [6.07, 6.45) is 1.10. The van der Waals surface area contributed by atoms with E-state index in [1.165, 1.54) is 6.92 Å². The third kappa shape index (κ3) is 10.6. The number of aliphatic hydroxyl groups is 2. The highest BCUT2D eigenvalue weighted by molar-refractivity contribution is 7.81. The fraction of sp³-hybridized carbons (Fsp3) is 0.885. The molecule has 23 heteroatoms. The molecule has 26 unspecified atom stereocenters. The molecule has 0 radical (unpaired) electrons. The zero-order valence-corrected chi connectivity index (χ0v) is 45.3. The predicted molar refractivity (Wildman–Crippen MR) is 262 cm³/mol. The molecule has 75 heavy (non-hydrogen) atoms. The van der Waals surface area contributed by atoms with Crippen LogP contribution in [0.1, 0.15) is 125 Å². The lowest BCUT2D eigenvalue weighted by Gasteiger charge is -2.61. The average Bonchev–Trinajstić information content (AvgIpc) is 3.45. The van der Waals surface area contributed by atoms with E-state index in [4.69, 9.17) is 60.8 Å². The van der Waals surface area contributed by atoms with E-state index < -0.39 is 123 Å². The zero-order chi connectivity index (χ0) is 53.4. The monoisotopic (exact) mass is 1100 g/mol. The normalized spacial score (nSPS) is 52.6. The first kappa shape index (κ1) is 55.4. The highest BCUT2D eigenvalue weighted by Gasteiger charge is 2.65. The standard InChI is InChI=1S/C52H78O21S2/c1-9-10-13-48(4,54)47-27(3)18-36-35(68-47)24-43-52(8,71-36)46(53)45-39(67-43)22-38-44(69-45)26(2)11-14-50(6)41(66-38)25-40-51(7,73-50)15-12-28-29(65-40)19-31-30(62-28)20-32-33(63-31)21-37-34(64-32)23-42(72-75(58,59)60)49(5,70-37)16-17-61-74(55,56)57/h9-10,13,26,28-47,53-54H,1,3,11-12,14-25H2,2,4-8H3,(H,55,56,57)(H,58,59,60). The van der Waals surface area contributed by atoms with Crippen LogP contribution < -0.4 is 0 Å². The van der Waals surface area contributed by atoms with Crippen molar-refractivity contribution in [1.82, 2.24) is 0 Å². The third-order valence-electron chi connectivity index (χ3n) is 19.1. The van der Waals surface area contributed by atoms with Gasteiger partial charge >= 0.3 is 20.8 Å². The first-order valence-electron chi connectivity index (χ1n) is 27.1. The van der Waals surface area contributed by atoms with Crippen LogP contribution in [0.5, 0.6) is 0 Å². The second-order valence-corrected chi connectivity index (χ2v) is 26.8. The van der Waals surface area contributed by atoms with Crippen molar-refractivity contribution < 1.29 is 96.6 Å². The molecule has 0 aromatic carbocycles. The summed E-state index contributed by atoms with van der Waals surface area (Å²) in [5, 5.41) is 23.6. The van der Waals surface area contributed by atoms with Crippen molar-refractivity contribution in [3.8, 4) is 0 Å². The van der Waals surface area contributed by atoms with Crippen LogP contribution in [0.4, 0.5) is 0 Å². The van der Waals surface area contributed by atoms with Crippen LogP contribution >= 0.6 is 0 Å². The first-order chi connectivity index (χ1) is 35.1. The molecule has 0 saturated carbocycles. The minimum atomic E-state index is -4.94. The minimum absolute atomic E-state index is 0.00420. The van der Waals surface area contributed by atoms with Gasteiger partial charge in [0.25, 0.3) is 0 Å². The van der Waals surface area contributed by atoms with E-state index in [9.17, 15) is 31.6 Å². The molecule has 0 aliphatic carbocycles. The number of allylic oxidation sites excluding steroid dienone is 2.